The zero-order valence-electron chi connectivity index (χ0n) is 34.1. The summed E-state index contributed by atoms with van der Waals surface area (Å²) in [6.07, 6.45) is 7.52. The molecule has 0 fully saturated rings. The Morgan fingerprint density at radius 2 is 1.16 bits per heavy atom. The van der Waals surface area contributed by atoms with E-state index in [1.807, 2.05) is 0 Å². The van der Waals surface area contributed by atoms with Crippen molar-refractivity contribution < 1.29 is 67.0 Å². The quantitative estimate of drug-likeness (QED) is 0.0349. The van der Waals surface area contributed by atoms with E-state index < -0.39 is 11.8 Å². The van der Waals surface area contributed by atoms with Gasteiger partial charge >= 0.3 is 0 Å². The maximum atomic E-state index is 12.6. The Hall–Kier alpha value is -3.75. The number of carbonyl (C=O) groups is 5. The molecule has 18 heteroatoms. The lowest BCUT2D eigenvalue weighted by molar-refractivity contribution is -0.129. The van der Waals surface area contributed by atoms with E-state index in [9.17, 15) is 29.1 Å². The van der Waals surface area contributed by atoms with Gasteiger partial charge in [0.25, 0.3) is 5.91 Å². The lowest BCUT2D eigenvalue weighted by atomic mass is 9.99. The fourth-order valence-corrected chi connectivity index (χ4v) is 4.93. The third-order valence-electron chi connectivity index (χ3n) is 8.09. The van der Waals surface area contributed by atoms with Gasteiger partial charge in [0, 0.05) is 51.8 Å². The first-order valence-electron chi connectivity index (χ1n) is 20.3. The summed E-state index contributed by atoms with van der Waals surface area (Å²) in [6, 6.07) is 4.42. The fourth-order valence-electron chi connectivity index (χ4n) is 4.93. The van der Waals surface area contributed by atoms with Gasteiger partial charge in [0.15, 0.2) is 6.61 Å². The molecule has 6 N–H and O–H groups in total. The van der Waals surface area contributed by atoms with Crippen LogP contribution < -0.4 is 26.4 Å². The highest BCUT2D eigenvalue weighted by Crippen LogP contribution is 2.25. The number of phenolic OH excluding ortho intramolecular Hbond substituents is 1. The number of aromatic hydroxyl groups is 1. The van der Waals surface area contributed by atoms with Crippen molar-refractivity contribution in [3.05, 3.63) is 23.8 Å². The summed E-state index contributed by atoms with van der Waals surface area (Å²) in [5.74, 6) is -1.68. The summed E-state index contributed by atoms with van der Waals surface area (Å²) in [7, 11) is 0. The maximum absolute atomic E-state index is 12.6. The van der Waals surface area contributed by atoms with E-state index in [-0.39, 0.29) is 49.5 Å². The van der Waals surface area contributed by atoms with Crippen LogP contribution in [0.4, 0.5) is 0 Å². The number of hydrogen-bond acceptors (Lipinski definition) is 15. The minimum atomic E-state index is -1.00. The summed E-state index contributed by atoms with van der Waals surface area (Å²) < 4.78 is 43.3. The number of nitrogens with two attached hydrogens (primary N) is 1. The van der Waals surface area contributed by atoms with Crippen LogP contribution in [0.2, 0.25) is 0 Å². The summed E-state index contributed by atoms with van der Waals surface area (Å²) in [5, 5.41) is 18.8. The van der Waals surface area contributed by atoms with Crippen LogP contribution in [0.3, 0.4) is 0 Å². The molecule has 1 aromatic carbocycles. The Bertz CT molecular complexity index is 1210. The predicted octanol–water partition coefficient (Wildman–Crippen LogP) is 0.872. The highest BCUT2D eigenvalue weighted by Gasteiger charge is 2.20. The van der Waals surface area contributed by atoms with Crippen molar-refractivity contribution in [2.45, 2.75) is 57.8 Å². The minimum absolute atomic E-state index is 0.00910. The highest BCUT2D eigenvalue weighted by molar-refractivity contribution is 5.92. The molecule has 1 aromatic rings. The Morgan fingerprint density at radius 1 is 0.621 bits per heavy atom. The number of aldehydes is 2. The van der Waals surface area contributed by atoms with Gasteiger partial charge in [0.05, 0.1) is 85.2 Å². The van der Waals surface area contributed by atoms with Crippen LogP contribution in [-0.2, 0) is 63.6 Å². The van der Waals surface area contributed by atoms with Crippen LogP contribution in [-0.4, -0.2) is 161 Å². The number of phenols is 1. The van der Waals surface area contributed by atoms with Crippen molar-refractivity contribution in [2.24, 2.45) is 11.7 Å². The van der Waals surface area contributed by atoms with E-state index >= 15 is 0 Å². The Morgan fingerprint density at radius 3 is 1.72 bits per heavy atom. The van der Waals surface area contributed by atoms with E-state index in [1.54, 1.807) is 12.1 Å². The molecule has 1 unspecified atom stereocenters. The molecule has 0 spiro atoms. The summed E-state index contributed by atoms with van der Waals surface area (Å²) in [6.45, 7) is 7.30. The van der Waals surface area contributed by atoms with Crippen molar-refractivity contribution in [1.82, 2.24) is 16.0 Å². The monoisotopic (exact) mass is 828 g/mol. The second-order valence-electron chi connectivity index (χ2n) is 12.9. The third-order valence-corrected chi connectivity index (χ3v) is 8.09. The third kappa shape index (κ3) is 31.3. The summed E-state index contributed by atoms with van der Waals surface area (Å²) in [4.78, 5) is 58.3. The van der Waals surface area contributed by atoms with Gasteiger partial charge in [-0.05, 0) is 50.3 Å². The van der Waals surface area contributed by atoms with E-state index in [2.05, 4.69) is 16.0 Å². The van der Waals surface area contributed by atoms with Crippen molar-refractivity contribution in [3.8, 4) is 11.5 Å². The molecule has 3 amide bonds. The standard InChI is InChI=1S/C40H68N4O14/c41-11-4-2-1-3-8-38(48)42-12-5-16-51-20-24-55-25-21-52-17-6-13-44-40(50)35(32-46)30-34-9-10-36(31-37(34)47)58-33-39(49)43-14-19-54-23-27-57-29-28-56-26-22-53-18-7-15-45/h9-10,15,31-32,35,47H,1-8,11-14,16-30,33,41H2,(H,42,48)(H,43,49)(H,44,50). The van der Waals surface area contributed by atoms with Crippen LogP contribution in [0.5, 0.6) is 11.5 Å². The van der Waals surface area contributed by atoms with Crippen LogP contribution in [0.15, 0.2) is 18.2 Å². The number of benzene rings is 1. The van der Waals surface area contributed by atoms with Gasteiger partial charge in [-0.25, -0.2) is 0 Å². The van der Waals surface area contributed by atoms with E-state index in [0.29, 0.717) is 137 Å². The van der Waals surface area contributed by atoms with Crippen molar-refractivity contribution in [2.75, 3.05) is 125 Å². The van der Waals surface area contributed by atoms with Crippen LogP contribution in [0.25, 0.3) is 0 Å². The molecule has 0 bridgehead atoms. The number of amides is 3. The molecule has 0 saturated carbocycles. The molecular weight excluding hydrogens is 760 g/mol. The zero-order chi connectivity index (χ0) is 42.2. The molecule has 1 rings (SSSR count). The topological polar surface area (TPSA) is 242 Å². The average Bonchev–Trinajstić information content (AvgIpc) is 3.22. The highest BCUT2D eigenvalue weighted by atomic mass is 16.6. The minimum Gasteiger partial charge on any atom is -0.508 e. The molecule has 0 aliphatic carbocycles. The molecule has 0 heterocycles. The maximum Gasteiger partial charge on any atom is 0.258 e. The molecule has 0 radical (unpaired) electrons. The number of rotatable bonds is 42. The van der Waals surface area contributed by atoms with Gasteiger partial charge in [0.1, 0.15) is 24.1 Å². The number of hydrogen-bond donors (Lipinski definition) is 5. The van der Waals surface area contributed by atoms with Gasteiger partial charge in [0.2, 0.25) is 11.8 Å². The first kappa shape index (κ1) is 52.3. The van der Waals surface area contributed by atoms with Gasteiger partial charge < -0.3 is 74.3 Å². The molecule has 18 nitrogen and oxygen atoms in total. The van der Waals surface area contributed by atoms with Crippen molar-refractivity contribution >= 4 is 30.3 Å². The number of nitrogens with one attached hydrogen (secondary N) is 3. The van der Waals surface area contributed by atoms with Crippen LogP contribution >= 0.6 is 0 Å². The molecular formula is C40H68N4O14. The lowest BCUT2D eigenvalue weighted by Crippen LogP contribution is -2.34. The average molecular weight is 829 g/mol. The Balaban J connectivity index is 2.03. The summed E-state index contributed by atoms with van der Waals surface area (Å²) in [5.41, 5.74) is 5.85. The van der Waals surface area contributed by atoms with Gasteiger partial charge in [-0.1, -0.05) is 18.9 Å². The normalized spacial score (nSPS) is 11.5. The smallest absolute Gasteiger partial charge is 0.258 e. The SMILES string of the molecule is NCCCCCCC(=O)NCCCOCCOCCOCCCNC(=O)C(C=O)Cc1ccc(OCC(=O)NCCOCCOCCOCCOCCC=O)cc1O. The first-order chi connectivity index (χ1) is 28.4. The summed E-state index contributed by atoms with van der Waals surface area (Å²) >= 11 is 0. The van der Waals surface area contributed by atoms with E-state index in [0.717, 1.165) is 38.4 Å². The van der Waals surface area contributed by atoms with Gasteiger partial charge in [-0.15, -0.1) is 0 Å². The molecule has 58 heavy (non-hydrogen) atoms. The van der Waals surface area contributed by atoms with Crippen molar-refractivity contribution in [1.29, 1.82) is 0 Å². The fraction of sp³-hybridized carbons (Fsp3) is 0.725. The van der Waals surface area contributed by atoms with Crippen LogP contribution in [0, 0.1) is 5.92 Å². The largest absolute Gasteiger partial charge is 0.508 e. The van der Waals surface area contributed by atoms with Gasteiger partial charge in [-0.2, -0.15) is 0 Å². The molecule has 1 atom stereocenters. The number of carbonyl (C=O) groups excluding carboxylic acids is 5. The number of ether oxygens (including phenoxy) is 8. The Labute approximate surface area is 342 Å². The zero-order valence-corrected chi connectivity index (χ0v) is 34.1. The van der Waals surface area contributed by atoms with Crippen LogP contribution in [0.1, 0.15) is 56.9 Å². The predicted molar refractivity (Wildman–Crippen MR) is 214 cm³/mol. The molecule has 0 aliphatic heterocycles. The first-order valence-corrected chi connectivity index (χ1v) is 20.3. The molecule has 0 aromatic heterocycles. The molecule has 0 aliphatic rings. The lowest BCUT2D eigenvalue weighted by Gasteiger charge is -2.14. The molecule has 0 saturated heterocycles. The van der Waals surface area contributed by atoms with E-state index in [1.165, 1.54) is 6.07 Å². The van der Waals surface area contributed by atoms with Crippen molar-refractivity contribution in [3.63, 3.8) is 0 Å². The second-order valence-corrected chi connectivity index (χ2v) is 12.9. The molecule has 332 valence electrons. The van der Waals surface area contributed by atoms with E-state index in [4.69, 9.17) is 43.6 Å². The number of unbranched alkanes of at least 4 members (excludes halogenated alkanes) is 3. The second kappa shape index (κ2) is 38.8. The Kier molecular flexibility index (Phi) is 34.9. The van der Waals surface area contributed by atoms with Gasteiger partial charge in [-0.3, -0.25) is 14.4 Å².